The van der Waals surface area contributed by atoms with Crippen molar-refractivity contribution in [3.8, 4) is 0 Å². The summed E-state index contributed by atoms with van der Waals surface area (Å²) in [6, 6.07) is 3.74. The Morgan fingerprint density at radius 1 is 1.15 bits per heavy atom. The number of nitrogens with two attached hydrogens (primary N) is 1. The molecule has 0 aliphatic rings. The zero-order valence-corrected chi connectivity index (χ0v) is 13.6. The van der Waals surface area contributed by atoms with Crippen molar-refractivity contribution in [3.63, 3.8) is 0 Å². The van der Waals surface area contributed by atoms with E-state index in [0.29, 0.717) is 11.3 Å². The molecule has 0 radical (unpaired) electrons. The molecule has 4 heteroatoms. The number of thioether (sulfide) groups is 1. The quantitative estimate of drug-likeness (QED) is 0.569. The Morgan fingerprint density at radius 2 is 1.85 bits per heavy atom. The highest BCUT2D eigenvalue weighted by atomic mass is 32.2. The van der Waals surface area contributed by atoms with Crippen LogP contribution in [-0.2, 0) is 0 Å². The minimum atomic E-state index is -0.0155. The molecule has 3 nitrogen and oxygen atoms in total. The fourth-order valence-corrected chi connectivity index (χ4v) is 2.63. The van der Waals surface area contributed by atoms with Gasteiger partial charge < -0.3 is 11.1 Å². The van der Waals surface area contributed by atoms with Gasteiger partial charge in [-0.25, -0.2) is 0 Å². The lowest BCUT2D eigenvalue weighted by atomic mass is 10.0. The van der Waals surface area contributed by atoms with E-state index in [1.54, 1.807) is 6.07 Å². The van der Waals surface area contributed by atoms with Gasteiger partial charge in [0.15, 0.2) is 0 Å². The fourth-order valence-electron chi connectivity index (χ4n) is 2.14. The smallest absolute Gasteiger partial charge is 0.251 e. The van der Waals surface area contributed by atoms with Crippen LogP contribution in [-0.4, -0.2) is 24.5 Å². The van der Waals surface area contributed by atoms with Crippen LogP contribution in [0.15, 0.2) is 12.1 Å². The minimum absolute atomic E-state index is 0.0155. The first-order valence-electron chi connectivity index (χ1n) is 7.20. The van der Waals surface area contributed by atoms with Gasteiger partial charge in [-0.15, -0.1) is 0 Å². The third kappa shape index (κ3) is 5.45. The van der Waals surface area contributed by atoms with Gasteiger partial charge in [-0.3, -0.25) is 4.79 Å². The van der Waals surface area contributed by atoms with E-state index in [4.69, 9.17) is 5.73 Å². The van der Waals surface area contributed by atoms with E-state index in [9.17, 15) is 4.79 Å². The summed E-state index contributed by atoms with van der Waals surface area (Å²) in [5, 5.41) is 2.98. The van der Waals surface area contributed by atoms with Gasteiger partial charge in [0, 0.05) is 17.8 Å². The SMILES string of the molecule is CSCCCCCCNC(=O)c1cc(N)c(C)cc1C. The lowest BCUT2D eigenvalue weighted by molar-refractivity contribution is 0.0952. The summed E-state index contributed by atoms with van der Waals surface area (Å²) in [6.45, 7) is 4.65. The molecule has 0 aromatic heterocycles. The molecular weight excluding hydrogens is 268 g/mol. The molecular formula is C16H26N2OS. The summed E-state index contributed by atoms with van der Waals surface area (Å²) < 4.78 is 0. The Labute approximate surface area is 126 Å². The Balaban J connectivity index is 2.34. The first kappa shape index (κ1) is 16.9. The molecule has 1 rings (SSSR count). The molecule has 1 aromatic rings. The predicted octanol–water partition coefficient (Wildman–Crippen LogP) is 3.54. The summed E-state index contributed by atoms with van der Waals surface area (Å²) in [5.74, 6) is 1.21. The van der Waals surface area contributed by atoms with Gasteiger partial charge in [0.05, 0.1) is 0 Å². The normalized spacial score (nSPS) is 10.6. The van der Waals surface area contributed by atoms with Gasteiger partial charge >= 0.3 is 0 Å². The largest absolute Gasteiger partial charge is 0.398 e. The van der Waals surface area contributed by atoms with Crippen molar-refractivity contribution >= 4 is 23.4 Å². The number of nitrogen functional groups attached to an aromatic ring is 1. The van der Waals surface area contributed by atoms with Gasteiger partial charge in [-0.2, -0.15) is 11.8 Å². The molecule has 3 N–H and O–H groups in total. The van der Waals surface area contributed by atoms with Crippen molar-refractivity contribution in [3.05, 3.63) is 28.8 Å². The Kier molecular flexibility index (Phi) is 7.52. The van der Waals surface area contributed by atoms with E-state index >= 15 is 0 Å². The molecule has 112 valence electrons. The maximum absolute atomic E-state index is 12.1. The number of carbonyl (C=O) groups is 1. The molecule has 0 bridgehead atoms. The second-order valence-corrected chi connectivity index (χ2v) is 6.17. The number of rotatable bonds is 8. The average Bonchev–Trinajstić information content (AvgIpc) is 2.41. The third-order valence-corrected chi connectivity index (χ3v) is 4.12. The Morgan fingerprint density at radius 3 is 2.55 bits per heavy atom. The van der Waals surface area contributed by atoms with E-state index in [1.807, 2.05) is 31.7 Å². The second-order valence-electron chi connectivity index (χ2n) is 5.19. The first-order chi connectivity index (χ1) is 9.56. The maximum Gasteiger partial charge on any atom is 0.251 e. The highest BCUT2D eigenvalue weighted by Gasteiger charge is 2.10. The van der Waals surface area contributed by atoms with Gasteiger partial charge in [0.25, 0.3) is 5.91 Å². The van der Waals surface area contributed by atoms with Gasteiger partial charge in [-0.05, 0) is 55.9 Å². The molecule has 1 amide bonds. The summed E-state index contributed by atoms with van der Waals surface area (Å²) in [7, 11) is 0. The molecule has 0 heterocycles. The molecule has 20 heavy (non-hydrogen) atoms. The number of carbonyl (C=O) groups excluding carboxylic acids is 1. The molecule has 0 atom stereocenters. The van der Waals surface area contributed by atoms with E-state index in [0.717, 1.165) is 24.1 Å². The highest BCUT2D eigenvalue weighted by Crippen LogP contribution is 2.17. The molecule has 1 aromatic carbocycles. The first-order valence-corrected chi connectivity index (χ1v) is 8.59. The number of hydrogen-bond acceptors (Lipinski definition) is 3. The van der Waals surface area contributed by atoms with Crippen molar-refractivity contribution in [1.29, 1.82) is 0 Å². The van der Waals surface area contributed by atoms with Crippen LogP contribution in [0.5, 0.6) is 0 Å². The number of unbranched alkanes of at least 4 members (excludes halogenated alkanes) is 3. The van der Waals surface area contributed by atoms with Crippen LogP contribution in [0.1, 0.15) is 47.2 Å². The van der Waals surface area contributed by atoms with Crippen molar-refractivity contribution in [2.24, 2.45) is 0 Å². The number of amides is 1. The average molecular weight is 294 g/mol. The molecule has 0 aliphatic carbocycles. The molecule has 0 fully saturated rings. The third-order valence-electron chi connectivity index (χ3n) is 3.42. The summed E-state index contributed by atoms with van der Waals surface area (Å²) in [6.07, 6.45) is 6.86. The van der Waals surface area contributed by atoms with Crippen LogP contribution in [0.3, 0.4) is 0 Å². The summed E-state index contributed by atoms with van der Waals surface area (Å²) >= 11 is 1.89. The number of benzene rings is 1. The monoisotopic (exact) mass is 294 g/mol. The molecule has 0 aliphatic heterocycles. The fraction of sp³-hybridized carbons (Fsp3) is 0.562. The van der Waals surface area contributed by atoms with Crippen molar-refractivity contribution in [1.82, 2.24) is 5.32 Å². The topological polar surface area (TPSA) is 55.1 Å². The summed E-state index contributed by atoms with van der Waals surface area (Å²) in [4.78, 5) is 12.1. The minimum Gasteiger partial charge on any atom is -0.398 e. The van der Waals surface area contributed by atoms with Gasteiger partial charge in [-0.1, -0.05) is 18.9 Å². The van der Waals surface area contributed by atoms with Gasteiger partial charge in [0.2, 0.25) is 0 Å². The lowest BCUT2D eigenvalue weighted by Gasteiger charge is -2.10. The van der Waals surface area contributed by atoms with E-state index in [1.165, 1.54) is 25.0 Å². The highest BCUT2D eigenvalue weighted by molar-refractivity contribution is 7.98. The molecule has 0 saturated carbocycles. The van der Waals surface area contributed by atoms with Crippen LogP contribution in [0, 0.1) is 13.8 Å². The van der Waals surface area contributed by atoms with Crippen LogP contribution >= 0.6 is 11.8 Å². The zero-order valence-electron chi connectivity index (χ0n) is 12.8. The van der Waals surface area contributed by atoms with Crippen LogP contribution in [0.2, 0.25) is 0 Å². The molecule has 0 spiro atoms. The van der Waals surface area contributed by atoms with E-state index < -0.39 is 0 Å². The summed E-state index contributed by atoms with van der Waals surface area (Å²) in [5.41, 5.74) is 9.24. The van der Waals surface area contributed by atoms with Crippen LogP contribution in [0.25, 0.3) is 0 Å². The van der Waals surface area contributed by atoms with Crippen molar-refractivity contribution < 1.29 is 4.79 Å². The molecule has 0 saturated heterocycles. The second kappa shape index (κ2) is 8.90. The Hall–Kier alpha value is -1.16. The van der Waals surface area contributed by atoms with Crippen molar-refractivity contribution in [2.75, 3.05) is 24.3 Å². The van der Waals surface area contributed by atoms with Crippen LogP contribution < -0.4 is 11.1 Å². The number of hydrogen-bond donors (Lipinski definition) is 2. The van der Waals surface area contributed by atoms with Crippen molar-refractivity contribution in [2.45, 2.75) is 39.5 Å². The van der Waals surface area contributed by atoms with E-state index in [-0.39, 0.29) is 5.91 Å². The zero-order chi connectivity index (χ0) is 15.0. The van der Waals surface area contributed by atoms with E-state index in [2.05, 4.69) is 11.6 Å². The number of anilines is 1. The molecule has 0 unspecified atom stereocenters. The Bertz CT molecular complexity index is 446. The number of aryl methyl sites for hydroxylation is 2. The van der Waals surface area contributed by atoms with Gasteiger partial charge in [0.1, 0.15) is 0 Å². The lowest BCUT2D eigenvalue weighted by Crippen LogP contribution is -2.25. The standard InChI is InChI=1S/C16H26N2OS/c1-12-10-13(2)15(17)11-14(12)16(19)18-8-6-4-5-7-9-20-3/h10-11H,4-9,17H2,1-3H3,(H,18,19). The number of nitrogens with one attached hydrogen (secondary N) is 1. The maximum atomic E-state index is 12.1. The van der Waals surface area contributed by atoms with Crippen LogP contribution in [0.4, 0.5) is 5.69 Å². The predicted molar refractivity (Wildman–Crippen MR) is 89.5 cm³/mol.